The molecule has 0 spiro atoms. The summed E-state index contributed by atoms with van der Waals surface area (Å²) in [7, 11) is 0. The topological polar surface area (TPSA) is 0 Å². The van der Waals surface area contributed by atoms with Crippen molar-refractivity contribution in [2.24, 2.45) is 0 Å². The van der Waals surface area contributed by atoms with Crippen molar-refractivity contribution in [2.45, 2.75) is 0 Å². The third-order valence-electron chi connectivity index (χ3n) is 0. The first-order valence-corrected chi connectivity index (χ1v) is 0. The van der Waals surface area contributed by atoms with Gasteiger partial charge in [0.25, 0.3) is 0 Å². The van der Waals surface area contributed by atoms with Gasteiger partial charge in [0, 0.05) is 0 Å². The molecule has 0 fully saturated rings. The Labute approximate surface area is 141 Å². The summed E-state index contributed by atoms with van der Waals surface area (Å²) in [6.45, 7) is 0. The van der Waals surface area contributed by atoms with E-state index in [0.717, 1.165) is 0 Å². The molecular formula is CsI2Na. The molecule has 0 saturated carbocycles. The van der Waals surface area contributed by atoms with Gasteiger partial charge in [0.15, 0.2) is 0 Å². The summed E-state index contributed by atoms with van der Waals surface area (Å²) >= 11 is 0. The van der Waals surface area contributed by atoms with Gasteiger partial charge in [-0.2, -0.15) is 0 Å². The van der Waals surface area contributed by atoms with Gasteiger partial charge in [0.1, 0.15) is 0 Å². The number of halogens is 2. The van der Waals surface area contributed by atoms with Crippen molar-refractivity contribution < 1.29 is 146 Å². The molecular weight excluding hydrogens is 410 g/mol. The quantitative estimate of drug-likeness (QED) is 0.275. The van der Waals surface area contributed by atoms with Crippen LogP contribution in [0.2, 0.25) is 0 Å². The zero-order valence-corrected chi connectivity index (χ0v) is 15.4. The molecule has 0 aromatic heterocycles. The van der Waals surface area contributed by atoms with Crippen LogP contribution in [0, 0.1) is 0 Å². The molecule has 0 aromatic carbocycles. The Balaban J connectivity index is 0. The molecule has 0 bridgehead atoms. The molecule has 16 valence electrons. The van der Waals surface area contributed by atoms with Crippen molar-refractivity contribution in [3.8, 4) is 0 Å². The Morgan fingerprint density at radius 3 is 0.750 bits per heavy atom. The van der Waals surface area contributed by atoms with Crippen molar-refractivity contribution in [1.82, 2.24) is 0 Å². The molecule has 0 saturated heterocycles. The minimum atomic E-state index is 0. The van der Waals surface area contributed by atoms with Gasteiger partial charge < -0.3 is 48.0 Å². The molecule has 0 rings (SSSR count). The van der Waals surface area contributed by atoms with Crippen LogP contribution in [0.15, 0.2) is 0 Å². The zero-order valence-electron chi connectivity index (χ0n) is 2.76. The van der Waals surface area contributed by atoms with Gasteiger partial charge in [-0.05, 0) is 0 Å². The standard InChI is InChI=1S/Cs.2HI.Na/h;2*1H;/q+1;;;+1/p-2. The first kappa shape index (κ1) is 23.6. The van der Waals surface area contributed by atoms with Crippen LogP contribution in [0.25, 0.3) is 0 Å². The van der Waals surface area contributed by atoms with Crippen molar-refractivity contribution in [2.75, 3.05) is 0 Å². The van der Waals surface area contributed by atoms with E-state index in [1.54, 1.807) is 0 Å². The third-order valence-corrected chi connectivity index (χ3v) is 0. The van der Waals surface area contributed by atoms with Gasteiger partial charge in [-0.1, -0.05) is 0 Å². The van der Waals surface area contributed by atoms with E-state index in [9.17, 15) is 0 Å². The number of rotatable bonds is 0. The predicted octanol–water partition coefficient (Wildman–Crippen LogP) is -12.0. The predicted molar refractivity (Wildman–Crippen MR) is 0 cm³/mol. The van der Waals surface area contributed by atoms with Crippen molar-refractivity contribution in [3.05, 3.63) is 0 Å². The maximum absolute atomic E-state index is 0. The van der Waals surface area contributed by atoms with E-state index in [0.29, 0.717) is 0 Å². The zero-order chi connectivity index (χ0) is 0. The largest absolute Gasteiger partial charge is 1.00 e. The Bertz CT molecular complexity index is 6.00. The van der Waals surface area contributed by atoms with Crippen molar-refractivity contribution in [3.63, 3.8) is 0 Å². The van der Waals surface area contributed by atoms with Crippen LogP contribution in [0.4, 0.5) is 0 Å². The summed E-state index contributed by atoms with van der Waals surface area (Å²) in [6, 6.07) is 0. The van der Waals surface area contributed by atoms with E-state index >= 15 is 0 Å². The molecule has 0 unspecified atom stereocenters. The first-order valence-electron chi connectivity index (χ1n) is 0. The average molecular weight is 410 g/mol. The SMILES string of the molecule is [Cs+].[I-].[I-].[Na+]. The molecule has 4 heavy (non-hydrogen) atoms. The van der Waals surface area contributed by atoms with Crippen molar-refractivity contribution >= 4 is 0 Å². The number of hydrogen-bond donors (Lipinski definition) is 0. The van der Waals surface area contributed by atoms with Crippen LogP contribution >= 0.6 is 0 Å². The minimum absolute atomic E-state index is 0. The third kappa shape index (κ3) is 9.72. The molecule has 0 radical (unpaired) electrons. The summed E-state index contributed by atoms with van der Waals surface area (Å²) in [5.41, 5.74) is 0. The second-order valence-electron chi connectivity index (χ2n) is 0. The van der Waals surface area contributed by atoms with Gasteiger partial charge >= 0.3 is 98.5 Å². The van der Waals surface area contributed by atoms with Crippen molar-refractivity contribution in [1.29, 1.82) is 0 Å². The van der Waals surface area contributed by atoms with Crippen LogP contribution < -0.4 is 146 Å². The second-order valence-corrected chi connectivity index (χ2v) is 0. The molecule has 0 nitrogen and oxygen atoms in total. The second kappa shape index (κ2) is 15.6. The van der Waals surface area contributed by atoms with E-state index in [4.69, 9.17) is 0 Å². The summed E-state index contributed by atoms with van der Waals surface area (Å²) in [4.78, 5) is 0. The fraction of sp³-hybridized carbons (Fsp3) is 0. The molecule has 0 N–H and O–H groups in total. The monoisotopic (exact) mass is 410 g/mol. The summed E-state index contributed by atoms with van der Waals surface area (Å²) in [6.07, 6.45) is 0. The van der Waals surface area contributed by atoms with Gasteiger partial charge in [-0.3, -0.25) is 0 Å². The van der Waals surface area contributed by atoms with Gasteiger partial charge in [0.05, 0.1) is 0 Å². The summed E-state index contributed by atoms with van der Waals surface area (Å²) < 4.78 is 0. The molecule has 0 aliphatic heterocycles. The molecule has 0 aliphatic carbocycles. The van der Waals surface area contributed by atoms with Gasteiger partial charge in [-0.25, -0.2) is 0 Å². The van der Waals surface area contributed by atoms with E-state index in [2.05, 4.69) is 0 Å². The smallest absolute Gasteiger partial charge is 1.00 e. The van der Waals surface area contributed by atoms with Crippen LogP contribution in [0.3, 0.4) is 0 Å². The maximum Gasteiger partial charge on any atom is 1.00 e. The molecule has 0 amide bonds. The number of hydrogen-bond acceptors (Lipinski definition) is 0. The van der Waals surface area contributed by atoms with E-state index in [-0.39, 0.29) is 146 Å². The minimum Gasteiger partial charge on any atom is -1.00 e. The van der Waals surface area contributed by atoms with Crippen LogP contribution in [-0.4, -0.2) is 0 Å². The van der Waals surface area contributed by atoms with Crippen LogP contribution in [0.5, 0.6) is 0 Å². The summed E-state index contributed by atoms with van der Waals surface area (Å²) in [5.74, 6) is 0. The molecule has 0 atom stereocenters. The maximum atomic E-state index is 0. The molecule has 0 heterocycles. The van der Waals surface area contributed by atoms with E-state index in [1.165, 1.54) is 0 Å². The van der Waals surface area contributed by atoms with Gasteiger partial charge in [-0.15, -0.1) is 0 Å². The van der Waals surface area contributed by atoms with Crippen LogP contribution in [-0.2, 0) is 0 Å². The van der Waals surface area contributed by atoms with Gasteiger partial charge in [0.2, 0.25) is 0 Å². The molecule has 0 aromatic rings. The summed E-state index contributed by atoms with van der Waals surface area (Å²) in [5, 5.41) is 0. The Morgan fingerprint density at radius 1 is 0.750 bits per heavy atom. The van der Waals surface area contributed by atoms with E-state index < -0.39 is 0 Å². The Hall–Kier alpha value is 4.51. The fourth-order valence-corrected chi connectivity index (χ4v) is 0. The average Bonchev–Trinajstić information content (AvgIpc) is 0. The Kier molecular flexibility index (Phi) is 92.3. The molecule has 4 heteroatoms. The fourth-order valence-electron chi connectivity index (χ4n) is 0. The Morgan fingerprint density at radius 2 is 0.750 bits per heavy atom. The normalized spacial score (nSPS) is 0. The molecule has 0 aliphatic rings. The van der Waals surface area contributed by atoms with Crippen LogP contribution in [0.1, 0.15) is 0 Å². The van der Waals surface area contributed by atoms with E-state index in [1.807, 2.05) is 0 Å². The first-order chi connectivity index (χ1) is 0.